The molecule has 2 atom stereocenters. The number of ether oxygens (including phenoxy) is 1. The van der Waals surface area contributed by atoms with Gasteiger partial charge in [0.15, 0.2) is 9.84 Å². The monoisotopic (exact) mass is 326 g/mol. The number of rotatable bonds is 5. The Bertz CT molecular complexity index is 627. The summed E-state index contributed by atoms with van der Waals surface area (Å²) in [6, 6.07) is 6.55. The summed E-state index contributed by atoms with van der Waals surface area (Å²) in [6.45, 7) is 0.844. The number of carbonyl (C=O) groups excluding carboxylic acids is 1. The Morgan fingerprint density at radius 1 is 1.32 bits per heavy atom. The Hall–Kier alpha value is -1.44. The molecule has 0 spiro atoms. The van der Waals surface area contributed by atoms with Gasteiger partial charge in [0, 0.05) is 26.4 Å². The summed E-state index contributed by atoms with van der Waals surface area (Å²) in [7, 11) is -1.48. The van der Waals surface area contributed by atoms with Crippen LogP contribution in [0.2, 0.25) is 0 Å². The van der Waals surface area contributed by atoms with Crippen molar-refractivity contribution in [1.82, 2.24) is 4.90 Å². The Labute approximate surface area is 131 Å². The van der Waals surface area contributed by atoms with Crippen LogP contribution in [0.3, 0.4) is 0 Å². The van der Waals surface area contributed by atoms with E-state index in [-0.39, 0.29) is 16.9 Å². The van der Waals surface area contributed by atoms with Gasteiger partial charge in [-0.05, 0) is 30.5 Å². The molecule has 2 rings (SSSR count). The van der Waals surface area contributed by atoms with E-state index in [9.17, 15) is 13.2 Å². The van der Waals surface area contributed by atoms with Gasteiger partial charge in [-0.25, -0.2) is 8.42 Å². The lowest BCUT2D eigenvalue weighted by atomic mass is 10.1. The van der Waals surface area contributed by atoms with E-state index in [2.05, 4.69) is 0 Å². The van der Waals surface area contributed by atoms with Gasteiger partial charge < -0.3 is 15.4 Å². The van der Waals surface area contributed by atoms with Crippen LogP contribution in [0, 0.1) is 0 Å². The van der Waals surface area contributed by atoms with Crippen molar-refractivity contribution in [2.45, 2.75) is 36.5 Å². The van der Waals surface area contributed by atoms with Gasteiger partial charge in [-0.3, -0.25) is 4.79 Å². The van der Waals surface area contributed by atoms with Crippen molar-refractivity contribution in [1.29, 1.82) is 0 Å². The second kappa shape index (κ2) is 6.76. The van der Waals surface area contributed by atoms with Crippen molar-refractivity contribution >= 4 is 15.7 Å². The van der Waals surface area contributed by atoms with Crippen molar-refractivity contribution < 1.29 is 17.9 Å². The molecule has 1 heterocycles. The molecule has 1 aromatic rings. The fraction of sp³-hybridized carbons (Fsp3) is 0.533. The number of nitrogens with zero attached hydrogens (tertiary/aromatic N) is 1. The van der Waals surface area contributed by atoms with Crippen LogP contribution in [0.25, 0.3) is 0 Å². The SMILES string of the molecule is CN(Cc1ccc(S(C)(=O)=O)cc1)C(=O)[C@@H]1CC[C@H](CN)O1. The fourth-order valence-corrected chi connectivity index (χ4v) is 3.13. The molecule has 1 fully saturated rings. The zero-order chi connectivity index (χ0) is 16.3. The Morgan fingerprint density at radius 2 is 1.95 bits per heavy atom. The van der Waals surface area contributed by atoms with Crippen LogP contribution >= 0.6 is 0 Å². The van der Waals surface area contributed by atoms with Crippen LogP contribution < -0.4 is 5.73 Å². The summed E-state index contributed by atoms with van der Waals surface area (Å²) in [6.07, 6.45) is 2.22. The third-order valence-corrected chi connectivity index (χ3v) is 4.92. The van der Waals surface area contributed by atoms with E-state index in [1.165, 1.54) is 6.26 Å². The molecule has 0 bridgehead atoms. The van der Waals surface area contributed by atoms with E-state index in [0.29, 0.717) is 19.5 Å². The molecule has 0 saturated carbocycles. The summed E-state index contributed by atoms with van der Waals surface area (Å²) >= 11 is 0. The largest absolute Gasteiger partial charge is 0.364 e. The van der Waals surface area contributed by atoms with Gasteiger partial charge in [0.05, 0.1) is 11.0 Å². The van der Waals surface area contributed by atoms with E-state index < -0.39 is 15.9 Å². The normalized spacial score (nSPS) is 21.8. The summed E-state index contributed by atoms with van der Waals surface area (Å²) < 4.78 is 28.4. The average Bonchev–Trinajstić information content (AvgIpc) is 2.95. The molecule has 122 valence electrons. The smallest absolute Gasteiger partial charge is 0.251 e. The summed E-state index contributed by atoms with van der Waals surface area (Å²) in [5.41, 5.74) is 6.42. The highest BCUT2D eigenvalue weighted by Gasteiger charge is 2.31. The van der Waals surface area contributed by atoms with E-state index in [1.807, 2.05) is 0 Å². The molecular formula is C15H22N2O4S. The molecule has 0 aliphatic carbocycles. The second-order valence-corrected chi connectivity index (χ2v) is 7.69. The highest BCUT2D eigenvalue weighted by Crippen LogP contribution is 2.21. The summed E-state index contributed by atoms with van der Waals surface area (Å²) in [4.78, 5) is 14.2. The maximum absolute atomic E-state index is 12.3. The van der Waals surface area contributed by atoms with Gasteiger partial charge >= 0.3 is 0 Å². The molecule has 2 N–H and O–H groups in total. The number of hydrogen-bond donors (Lipinski definition) is 1. The number of nitrogens with two attached hydrogens (primary N) is 1. The number of benzene rings is 1. The van der Waals surface area contributed by atoms with Gasteiger partial charge in [-0.1, -0.05) is 12.1 Å². The standard InChI is InChI=1S/C15H22N2O4S/c1-17(15(18)14-8-5-12(9-16)21-14)10-11-3-6-13(7-4-11)22(2,19)20/h3-4,6-7,12,14H,5,8-10,16H2,1-2H3/t12-,14+/m1/s1. The van der Waals surface area contributed by atoms with Crippen LogP contribution in [-0.4, -0.2) is 51.3 Å². The lowest BCUT2D eigenvalue weighted by molar-refractivity contribution is -0.141. The van der Waals surface area contributed by atoms with Crippen LogP contribution in [-0.2, 0) is 25.9 Å². The van der Waals surface area contributed by atoms with Crippen LogP contribution in [0.4, 0.5) is 0 Å². The maximum Gasteiger partial charge on any atom is 0.251 e. The predicted octanol–water partition coefficient (Wildman–Crippen LogP) is 0.555. The number of carbonyl (C=O) groups is 1. The minimum absolute atomic E-state index is 0.0311. The zero-order valence-electron chi connectivity index (χ0n) is 12.9. The van der Waals surface area contributed by atoms with Crippen LogP contribution in [0.15, 0.2) is 29.2 Å². The van der Waals surface area contributed by atoms with Gasteiger partial charge in [-0.2, -0.15) is 0 Å². The van der Waals surface area contributed by atoms with Crippen LogP contribution in [0.5, 0.6) is 0 Å². The topological polar surface area (TPSA) is 89.7 Å². The highest BCUT2D eigenvalue weighted by atomic mass is 32.2. The summed E-state index contributed by atoms with van der Waals surface area (Å²) in [5, 5.41) is 0. The second-order valence-electron chi connectivity index (χ2n) is 5.67. The number of sulfone groups is 1. The van der Waals surface area contributed by atoms with Crippen molar-refractivity contribution in [3.63, 3.8) is 0 Å². The molecule has 1 amide bonds. The van der Waals surface area contributed by atoms with E-state index in [1.54, 1.807) is 36.2 Å². The lowest BCUT2D eigenvalue weighted by Crippen LogP contribution is -2.36. The molecule has 0 unspecified atom stereocenters. The Balaban J connectivity index is 1.97. The number of hydrogen-bond acceptors (Lipinski definition) is 5. The highest BCUT2D eigenvalue weighted by molar-refractivity contribution is 7.90. The molecule has 22 heavy (non-hydrogen) atoms. The van der Waals surface area contributed by atoms with Crippen molar-refractivity contribution in [2.24, 2.45) is 5.73 Å². The van der Waals surface area contributed by atoms with Gasteiger partial charge in [0.1, 0.15) is 6.10 Å². The van der Waals surface area contributed by atoms with Crippen molar-refractivity contribution in [2.75, 3.05) is 19.8 Å². The molecule has 0 aromatic heterocycles. The van der Waals surface area contributed by atoms with Crippen molar-refractivity contribution in [3.8, 4) is 0 Å². The first-order valence-corrected chi connectivity index (χ1v) is 9.10. The van der Waals surface area contributed by atoms with Crippen molar-refractivity contribution in [3.05, 3.63) is 29.8 Å². The molecular weight excluding hydrogens is 304 g/mol. The average molecular weight is 326 g/mol. The van der Waals surface area contributed by atoms with E-state index >= 15 is 0 Å². The minimum atomic E-state index is -3.20. The molecule has 7 heteroatoms. The number of amides is 1. The first kappa shape index (κ1) is 16.9. The van der Waals surface area contributed by atoms with Gasteiger partial charge in [0.25, 0.3) is 5.91 Å². The van der Waals surface area contributed by atoms with Crippen LogP contribution in [0.1, 0.15) is 18.4 Å². The predicted molar refractivity (Wildman–Crippen MR) is 83.0 cm³/mol. The van der Waals surface area contributed by atoms with E-state index in [4.69, 9.17) is 10.5 Å². The molecule has 1 saturated heterocycles. The molecule has 1 aliphatic rings. The first-order valence-electron chi connectivity index (χ1n) is 7.20. The quantitative estimate of drug-likeness (QED) is 0.854. The first-order chi connectivity index (χ1) is 10.3. The Morgan fingerprint density at radius 3 is 2.45 bits per heavy atom. The zero-order valence-corrected chi connectivity index (χ0v) is 13.7. The van der Waals surface area contributed by atoms with Gasteiger partial charge in [0.2, 0.25) is 0 Å². The third-order valence-electron chi connectivity index (χ3n) is 3.79. The Kier molecular flexibility index (Phi) is 5.20. The molecule has 0 radical (unpaired) electrons. The summed E-state index contributed by atoms with van der Waals surface area (Å²) in [5.74, 6) is -0.0665. The minimum Gasteiger partial charge on any atom is -0.364 e. The number of likely N-dealkylation sites (N-methyl/N-ethyl adjacent to an activating group) is 1. The van der Waals surface area contributed by atoms with E-state index in [0.717, 1.165) is 12.0 Å². The maximum atomic E-state index is 12.3. The van der Waals surface area contributed by atoms with Gasteiger partial charge in [-0.15, -0.1) is 0 Å². The molecule has 1 aromatic carbocycles. The third kappa shape index (κ3) is 4.06. The lowest BCUT2D eigenvalue weighted by Gasteiger charge is -2.21. The molecule has 1 aliphatic heterocycles. The fourth-order valence-electron chi connectivity index (χ4n) is 2.50. The molecule has 6 nitrogen and oxygen atoms in total.